The number of alkyl carbamates (subject to hydrolysis) is 1. The third kappa shape index (κ3) is 4.87. The zero-order valence-electron chi connectivity index (χ0n) is 11.2. The average Bonchev–Trinajstić information content (AvgIpc) is 2.25. The summed E-state index contributed by atoms with van der Waals surface area (Å²) in [6.45, 7) is 6.54. The SMILES string of the molecule is CC(C)(C)OC(=O)NC1(/C=C/C=O)CCOCC1. The highest BCUT2D eigenvalue weighted by Gasteiger charge is 2.33. The molecule has 0 bridgehead atoms. The maximum Gasteiger partial charge on any atom is 0.408 e. The fraction of sp³-hybridized carbons (Fsp3) is 0.692. The molecule has 1 fully saturated rings. The molecule has 0 aromatic carbocycles. The number of hydrogen-bond donors (Lipinski definition) is 1. The van der Waals surface area contributed by atoms with Crippen LogP contribution in [0, 0.1) is 0 Å². The Bertz CT molecular complexity index is 324. The molecule has 0 atom stereocenters. The highest BCUT2D eigenvalue weighted by molar-refractivity contribution is 5.70. The van der Waals surface area contributed by atoms with Crippen LogP contribution in [0.2, 0.25) is 0 Å². The van der Waals surface area contributed by atoms with Gasteiger partial charge in [-0.25, -0.2) is 4.79 Å². The van der Waals surface area contributed by atoms with Gasteiger partial charge in [0.2, 0.25) is 0 Å². The van der Waals surface area contributed by atoms with Crippen LogP contribution in [0.4, 0.5) is 4.79 Å². The highest BCUT2D eigenvalue weighted by Crippen LogP contribution is 2.23. The van der Waals surface area contributed by atoms with Crippen LogP contribution in [-0.2, 0) is 14.3 Å². The number of amides is 1. The molecule has 102 valence electrons. The summed E-state index contributed by atoms with van der Waals surface area (Å²) in [6, 6.07) is 0. The third-order valence-corrected chi connectivity index (χ3v) is 2.63. The molecule has 0 unspecified atom stereocenters. The van der Waals surface area contributed by atoms with Crippen molar-refractivity contribution in [1.82, 2.24) is 5.32 Å². The summed E-state index contributed by atoms with van der Waals surface area (Å²) >= 11 is 0. The predicted octanol–water partition coefficient (Wildman–Crippen LogP) is 1.82. The van der Waals surface area contributed by atoms with Gasteiger partial charge in [-0.2, -0.15) is 0 Å². The minimum Gasteiger partial charge on any atom is -0.444 e. The third-order valence-electron chi connectivity index (χ3n) is 2.63. The maximum atomic E-state index is 11.8. The molecule has 0 radical (unpaired) electrons. The molecule has 1 heterocycles. The van der Waals surface area contributed by atoms with Crippen molar-refractivity contribution in [2.45, 2.75) is 44.8 Å². The lowest BCUT2D eigenvalue weighted by atomic mass is 9.90. The second-order valence-corrected chi connectivity index (χ2v) is 5.39. The zero-order valence-corrected chi connectivity index (χ0v) is 11.2. The van der Waals surface area contributed by atoms with Gasteiger partial charge >= 0.3 is 6.09 Å². The van der Waals surface area contributed by atoms with Crippen LogP contribution in [0.15, 0.2) is 12.2 Å². The smallest absolute Gasteiger partial charge is 0.408 e. The molecule has 1 saturated heterocycles. The van der Waals surface area contributed by atoms with Gasteiger partial charge in [0.05, 0.1) is 5.54 Å². The molecular weight excluding hydrogens is 234 g/mol. The molecule has 0 aromatic heterocycles. The lowest BCUT2D eigenvalue weighted by Gasteiger charge is -2.35. The van der Waals surface area contributed by atoms with Crippen molar-refractivity contribution in [2.24, 2.45) is 0 Å². The Morgan fingerprint density at radius 2 is 1.94 bits per heavy atom. The van der Waals surface area contributed by atoms with E-state index in [0.717, 1.165) is 0 Å². The number of hydrogen-bond acceptors (Lipinski definition) is 4. The molecule has 5 nitrogen and oxygen atoms in total. The summed E-state index contributed by atoms with van der Waals surface area (Å²) < 4.78 is 10.5. The van der Waals surface area contributed by atoms with Crippen molar-refractivity contribution in [1.29, 1.82) is 0 Å². The molecule has 0 saturated carbocycles. The van der Waals surface area contributed by atoms with Crippen molar-refractivity contribution >= 4 is 12.4 Å². The first-order valence-corrected chi connectivity index (χ1v) is 6.09. The molecule has 0 aromatic rings. The standard InChI is InChI=1S/C13H21NO4/c1-12(2,3)18-11(16)14-13(5-4-8-15)6-9-17-10-7-13/h4-5,8H,6-7,9-10H2,1-3H3,(H,14,16)/b5-4+. The van der Waals surface area contributed by atoms with Crippen LogP contribution < -0.4 is 5.32 Å². The average molecular weight is 255 g/mol. The van der Waals surface area contributed by atoms with E-state index >= 15 is 0 Å². The number of aldehydes is 1. The van der Waals surface area contributed by atoms with E-state index in [0.29, 0.717) is 32.3 Å². The summed E-state index contributed by atoms with van der Waals surface area (Å²) in [4.78, 5) is 22.2. The van der Waals surface area contributed by atoms with Gasteiger partial charge in [0.1, 0.15) is 11.9 Å². The minimum absolute atomic E-state index is 0.472. The normalized spacial score (nSPS) is 19.5. The Kier molecular flexibility index (Phi) is 4.90. The van der Waals surface area contributed by atoms with Crippen LogP contribution in [0.5, 0.6) is 0 Å². The van der Waals surface area contributed by atoms with Gasteiger partial charge in [-0.3, -0.25) is 4.79 Å². The second kappa shape index (κ2) is 6.00. The Morgan fingerprint density at radius 3 is 2.44 bits per heavy atom. The van der Waals surface area contributed by atoms with Crippen LogP contribution >= 0.6 is 0 Å². The molecule has 18 heavy (non-hydrogen) atoms. The van der Waals surface area contributed by atoms with E-state index in [2.05, 4.69) is 5.32 Å². The first-order valence-electron chi connectivity index (χ1n) is 6.09. The molecule has 5 heteroatoms. The van der Waals surface area contributed by atoms with E-state index in [9.17, 15) is 9.59 Å². The summed E-state index contributed by atoms with van der Waals surface area (Å²) in [5.41, 5.74) is -1.08. The molecule has 1 rings (SSSR count). The van der Waals surface area contributed by atoms with Crippen LogP contribution in [0.25, 0.3) is 0 Å². The Hall–Kier alpha value is -1.36. The van der Waals surface area contributed by atoms with Crippen molar-refractivity contribution in [3.63, 3.8) is 0 Å². The van der Waals surface area contributed by atoms with Crippen molar-refractivity contribution in [3.8, 4) is 0 Å². The molecule has 0 spiro atoms. The van der Waals surface area contributed by atoms with E-state index < -0.39 is 17.2 Å². The Labute approximate surface area is 108 Å². The minimum atomic E-state index is -0.540. The molecular formula is C13H21NO4. The van der Waals surface area contributed by atoms with Gasteiger partial charge in [-0.05, 0) is 39.7 Å². The lowest BCUT2D eigenvalue weighted by Crippen LogP contribution is -2.51. The van der Waals surface area contributed by atoms with Gasteiger partial charge in [-0.15, -0.1) is 0 Å². The fourth-order valence-electron chi connectivity index (χ4n) is 1.80. The van der Waals surface area contributed by atoms with Crippen LogP contribution in [0.1, 0.15) is 33.6 Å². The second-order valence-electron chi connectivity index (χ2n) is 5.39. The van der Waals surface area contributed by atoms with Gasteiger partial charge in [0.25, 0.3) is 0 Å². The number of allylic oxidation sites excluding steroid dienone is 1. The van der Waals surface area contributed by atoms with Crippen LogP contribution in [-0.4, -0.2) is 36.7 Å². The number of nitrogens with one attached hydrogen (secondary N) is 1. The molecule has 1 aliphatic rings. The van der Waals surface area contributed by atoms with Gasteiger partial charge in [0.15, 0.2) is 0 Å². The summed E-state index contributed by atoms with van der Waals surface area (Å²) in [5, 5.41) is 2.84. The maximum absolute atomic E-state index is 11.8. The molecule has 0 aliphatic carbocycles. The molecule has 1 amide bonds. The largest absolute Gasteiger partial charge is 0.444 e. The monoisotopic (exact) mass is 255 g/mol. The summed E-state index contributed by atoms with van der Waals surface area (Å²) in [5.74, 6) is 0. The summed E-state index contributed by atoms with van der Waals surface area (Å²) in [7, 11) is 0. The number of ether oxygens (including phenoxy) is 2. The number of rotatable bonds is 3. The van der Waals surface area contributed by atoms with Gasteiger partial charge in [0, 0.05) is 13.2 Å². The summed E-state index contributed by atoms with van der Waals surface area (Å²) in [6.07, 6.45) is 4.62. The zero-order chi connectivity index (χ0) is 13.6. The highest BCUT2D eigenvalue weighted by atomic mass is 16.6. The number of carbonyl (C=O) groups excluding carboxylic acids is 2. The first kappa shape index (κ1) is 14.7. The Morgan fingerprint density at radius 1 is 1.33 bits per heavy atom. The van der Waals surface area contributed by atoms with E-state index in [4.69, 9.17) is 9.47 Å². The van der Waals surface area contributed by atoms with Gasteiger partial charge < -0.3 is 14.8 Å². The van der Waals surface area contributed by atoms with Crippen molar-refractivity contribution < 1.29 is 19.1 Å². The predicted molar refractivity (Wildman–Crippen MR) is 67.4 cm³/mol. The van der Waals surface area contributed by atoms with Crippen molar-refractivity contribution in [2.75, 3.05) is 13.2 Å². The molecule has 1 aliphatic heterocycles. The quantitative estimate of drug-likeness (QED) is 0.617. The fourth-order valence-corrected chi connectivity index (χ4v) is 1.80. The molecule has 1 N–H and O–H groups in total. The topological polar surface area (TPSA) is 64.6 Å². The lowest BCUT2D eigenvalue weighted by molar-refractivity contribution is -0.104. The van der Waals surface area contributed by atoms with E-state index in [1.807, 2.05) is 20.8 Å². The van der Waals surface area contributed by atoms with Crippen molar-refractivity contribution in [3.05, 3.63) is 12.2 Å². The Balaban J connectivity index is 2.69. The number of carbonyl (C=O) groups is 2. The van der Waals surface area contributed by atoms with E-state index in [1.165, 1.54) is 6.08 Å². The van der Waals surface area contributed by atoms with Gasteiger partial charge in [-0.1, -0.05) is 6.08 Å². The van der Waals surface area contributed by atoms with Crippen LogP contribution in [0.3, 0.4) is 0 Å². The first-order chi connectivity index (χ1) is 8.37. The van der Waals surface area contributed by atoms with E-state index in [-0.39, 0.29) is 0 Å². The van der Waals surface area contributed by atoms with E-state index in [1.54, 1.807) is 6.08 Å².